The molecule has 1 amide bonds. The van der Waals surface area contributed by atoms with E-state index < -0.39 is 5.41 Å². The van der Waals surface area contributed by atoms with Crippen LogP contribution < -0.4 is 5.32 Å². The summed E-state index contributed by atoms with van der Waals surface area (Å²) in [5.74, 6) is 0.348. The Hall–Kier alpha value is -1.08. The van der Waals surface area contributed by atoms with Crippen molar-refractivity contribution >= 4 is 5.91 Å². The van der Waals surface area contributed by atoms with Crippen molar-refractivity contribution in [3.8, 4) is 6.07 Å². The summed E-state index contributed by atoms with van der Waals surface area (Å²) in [7, 11) is 0. The van der Waals surface area contributed by atoms with Gasteiger partial charge in [-0.2, -0.15) is 5.26 Å². The fourth-order valence-corrected chi connectivity index (χ4v) is 2.09. The van der Waals surface area contributed by atoms with E-state index in [1.165, 1.54) is 0 Å². The van der Waals surface area contributed by atoms with Crippen LogP contribution in [0.25, 0.3) is 0 Å². The summed E-state index contributed by atoms with van der Waals surface area (Å²) in [5, 5.41) is 12.2. The van der Waals surface area contributed by atoms with Crippen molar-refractivity contribution < 1.29 is 9.53 Å². The summed E-state index contributed by atoms with van der Waals surface area (Å²) < 4.78 is 5.41. The minimum atomic E-state index is -0.860. The molecule has 0 fully saturated rings. The van der Waals surface area contributed by atoms with Crippen LogP contribution in [0.3, 0.4) is 0 Å². The van der Waals surface area contributed by atoms with E-state index in [-0.39, 0.29) is 5.91 Å². The summed E-state index contributed by atoms with van der Waals surface area (Å²) in [6.07, 6.45) is 2.92. The Balaban J connectivity index is 4.22. The third kappa shape index (κ3) is 6.58. The second-order valence-corrected chi connectivity index (χ2v) is 5.42. The Morgan fingerprint density at radius 1 is 1.32 bits per heavy atom. The SMILES string of the molecule is CCCC(C#N)(CCC)C(=O)NCCOCC(C)C. The molecule has 0 aliphatic heterocycles. The number of hydrogen-bond acceptors (Lipinski definition) is 3. The lowest BCUT2D eigenvalue weighted by molar-refractivity contribution is -0.129. The molecule has 0 radical (unpaired) electrons. The molecular formula is C15H28N2O2. The average molecular weight is 268 g/mol. The van der Waals surface area contributed by atoms with E-state index in [0.29, 0.717) is 38.5 Å². The average Bonchev–Trinajstić information content (AvgIpc) is 2.37. The molecular weight excluding hydrogens is 240 g/mol. The summed E-state index contributed by atoms with van der Waals surface area (Å²) >= 11 is 0. The fourth-order valence-electron chi connectivity index (χ4n) is 2.09. The topological polar surface area (TPSA) is 62.1 Å². The molecule has 0 aliphatic carbocycles. The van der Waals surface area contributed by atoms with Gasteiger partial charge in [-0.3, -0.25) is 4.79 Å². The first-order valence-electron chi connectivity index (χ1n) is 7.29. The number of carbonyl (C=O) groups excluding carboxylic acids is 1. The Labute approximate surface area is 117 Å². The number of amides is 1. The summed E-state index contributed by atoms with van der Waals surface area (Å²) in [6, 6.07) is 2.22. The molecule has 1 N–H and O–H groups in total. The Morgan fingerprint density at radius 3 is 2.32 bits per heavy atom. The number of carbonyl (C=O) groups is 1. The maximum atomic E-state index is 12.2. The minimum absolute atomic E-state index is 0.146. The van der Waals surface area contributed by atoms with Crippen LogP contribution in [0.15, 0.2) is 0 Å². The minimum Gasteiger partial charge on any atom is -0.379 e. The highest BCUT2D eigenvalue weighted by Crippen LogP contribution is 2.29. The van der Waals surface area contributed by atoms with Crippen molar-refractivity contribution in [3.05, 3.63) is 0 Å². The third-order valence-corrected chi connectivity index (χ3v) is 2.99. The zero-order valence-corrected chi connectivity index (χ0v) is 12.8. The first kappa shape index (κ1) is 17.9. The Bertz CT molecular complexity index is 289. The van der Waals surface area contributed by atoms with Crippen LogP contribution in [-0.2, 0) is 9.53 Å². The molecule has 0 rings (SSSR count). The van der Waals surface area contributed by atoms with Crippen LogP contribution in [0.2, 0.25) is 0 Å². The van der Waals surface area contributed by atoms with Crippen LogP contribution >= 0.6 is 0 Å². The molecule has 4 heteroatoms. The van der Waals surface area contributed by atoms with Crippen LogP contribution in [0.5, 0.6) is 0 Å². The summed E-state index contributed by atoms with van der Waals surface area (Å²) in [5.41, 5.74) is -0.860. The van der Waals surface area contributed by atoms with Crippen LogP contribution in [0.1, 0.15) is 53.4 Å². The van der Waals surface area contributed by atoms with Crippen molar-refractivity contribution in [2.45, 2.75) is 53.4 Å². The van der Waals surface area contributed by atoms with Gasteiger partial charge in [-0.1, -0.05) is 40.5 Å². The van der Waals surface area contributed by atoms with E-state index in [2.05, 4.69) is 25.2 Å². The molecule has 19 heavy (non-hydrogen) atoms. The molecule has 0 aliphatic rings. The second-order valence-electron chi connectivity index (χ2n) is 5.42. The zero-order chi connectivity index (χ0) is 14.7. The van der Waals surface area contributed by atoms with E-state index in [1.54, 1.807) is 0 Å². The van der Waals surface area contributed by atoms with Crippen molar-refractivity contribution in [2.75, 3.05) is 19.8 Å². The van der Waals surface area contributed by atoms with Gasteiger partial charge >= 0.3 is 0 Å². The smallest absolute Gasteiger partial charge is 0.240 e. The van der Waals surface area contributed by atoms with E-state index in [4.69, 9.17) is 4.74 Å². The van der Waals surface area contributed by atoms with E-state index >= 15 is 0 Å². The van der Waals surface area contributed by atoms with Gasteiger partial charge in [0.15, 0.2) is 0 Å². The van der Waals surface area contributed by atoms with Gasteiger partial charge in [0.25, 0.3) is 0 Å². The van der Waals surface area contributed by atoms with Gasteiger partial charge in [-0.15, -0.1) is 0 Å². The standard InChI is InChI=1S/C15H28N2O2/c1-5-7-15(12-16,8-6-2)14(18)17-9-10-19-11-13(3)4/h13H,5-11H2,1-4H3,(H,17,18). The molecule has 0 aromatic heterocycles. The Kier molecular flexibility index (Phi) is 9.24. The predicted octanol–water partition coefficient (Wildman–Crippen LogP) is 2.89. The maximum Gasteiger partial charge on any atom is 0.240 e. The van der Waals surface area contributed by atoms with Crippen molar-refractivity contribution in [3.63, 3.8) is 0 Å². The molecule has 0 spiro atoms. The molecule has 0 aromatic carbocycles. The first-order chi connectivity index (χ1) is 9.02. The summed E-state index contributed by atoms with van der Waals surface area (Å²) in [6.45, 7) is 9.85. The lowest BCUT2D eigenvalue weighted by Crippen LogP contribution is -2.41. The molecule has 0 bridgehead atoms. The number of rotatable bonds is 10. The maximum absolute atomic E-state index is 12.2. The van der Waals surface area contributed by atoms with Crippen LogP contribution in [0.4, 0.5) is 0 Å². The van der Waals surface area contributed by atoms with E-state index in [9.17, 15) is 10.1 Å². The van der Waals surface area contributed by atoms with Crippen LogP contribution in [0, 0.1) is 22.7 Å². The molecule has 4 nitrogen and oxygen atoms in total. The van der Waals surface area contributed by atoms with Gasteiger partial charge in [0, 0.05) is 13.2 Å². The second kappa shape index (κ2) is 9.80. The number of hydrogen-bond donors (Lipinski definition) is 1. The van der Waals surface area contributed by atoms with Gasteiger partial charge in [-0.25, -0.2) is 0 Å². The molecule has 0 heterocycles. The normalized spacial score (nSPS) is 11.4. The van der Waals surface area contributed by atoms with Crippen molar-refractivity contribution in [1.82, 2.24) is 5.32 Å². The highest BCUT2D eigenvalue weighted by molar-refractivity contribution is 5.85. The first-order valence-corrected chi connectivity index (χ1v) is 7.29. The molecule has 0 atom stereocenters. The van der Waals surface area contributed by atoms with Gasteiger partial charge < -0.3 is 10.1 Å². The highest BCUT2D eigenvalue weighted by Gasteiger charge is 2.36. The van der Waals surface area contributed by atoms with Gasteiger partial charge in [-0.05, 0) is 18.8 Å². The molecule has 0 aromatic rings. The highest BCUT2D eigenvalue weighted by atomic mass is 16.5. The quantitative estimate of drug-likeness (QED) is 0.620. The molecule has 0 unspecified atom stereocenters. The lowest BCUT2D eigenvalue weighted by atomic mass is 9.80. The van der Waals surface area contributed by atoms with Gasteiger partial charge in [0.05, 0.1) is 12.7 Å². The summed E-state index contributed by atoms with van der Waals surface area (Å²) in [4.78, 5) is 12.2. The number of ether oxygens (including phenoxy) is 1. The fraction of sp³-hybridized carbons (Fsp3) is 0.867. The predicted molar refractivity (Wildman–Crippen MR) is 76.5 cm³/mol. The van der Waals surface area contributed by atoms with Gasteiger partial charge in [0.1, 0.15) is 5.41 Å². The number of nitrogens with one attached hydrogen (secondary N) is 1. The van der Waals surface area contributed by atoms with E-state index in [1.807, 2.05) is 13.8 Å². The monoisotopic (exact) mass is 268 g/mol. The molecule has 110 valence electrons. The van der Waals surface area contributed by atoms with Crippen molar-refractivity contribution in [1.29, 1.82) is 5.26 Å². The molecule has 0 saturated heterocycles. The van der Waals surface area contributed by atoms with Crippen LogP contribution in [-0.4, -0.2) is 25.7 Å². The van der Waals surface area contributed by atoms with Gasteiger partial charge in [0.2, 0.25) is 5.91 Å². The number of nitriles is 1. The lowest BCUT2D eigenvalue weighted by Gasteiger charge is -2.24. The largest absolute Gasteiger partial charge is 0.379 e. The van der Waals surface area contributed by atoms with E-state index in [0.717, 1.165) is 12.8 Å². The number of nitrogens with zero attached hydrogens (tertiary/aromatic N) is 1. The third-order valence-electron chi connectivity index (χ3n) is 2.99. The zero-order valence-electron chi connectivity index (χ0n) is 12.8. The van der Waals surface area contributed by atoms with Crippen molar-refractivity contribution in [2.24, 2.45) is 11.3 Å². The molecule has 0 saturated carbocycles. The Morgan fingerprint density at radius 2 is 1.89 bits per heavy atom.